The highest BCUT2D eigenvalue weighted by atomic mass is 16.3. The Morgan fingerprint density at radius 1 is 1.10 bits per heavy atom. The molecule has 5 nitrogen and oxygen atoms in total. The van der Waals surface area contributed by atoms with Crippen molar-refractivity contribution in [2.24, 2.45) is 0 Å². The van der Waals surface area contributed by atoms with E-state index in [0.29, 0.717) is 11.9 Å². The first-order chi connectivity index (χ1) is 9.63. The molecule has 2 amide bonds. The van der Waals surface area contributed by atoms with Crippen LogP contribution in [0, 0.1) is 0 Å². The molecule has 0 aliphatic carbocycles. The minimum atomic E-state index is -0.473. The van der Waals surface area contributed by atoms with E-state index in [1.807, 2.05) is 12.1 Å². The number of fused-ring (bicyclic) bond motifs is 1. The highest BCUT2D eigenvalue weighted by Crippen LogP contribution is 2.28. The minimum absolute atomic E-state index is 0.0727. The molecule has 20 heavy (non-hydrogen) atoms. The monoisotopic (exact) mass is 272 g/mol. The van der Waals surface area contributed by atoms with Gasteiger partial charge in [-0.05, 0) is 18.4 Å². The van der Waals surface area contributed by atoms with Gasteiger partial charge in [0.1, 0.15) is 5.75 Å². The number of amides is 2. The number of phenolic OH excluding ortho intramolecular Hbond substituents is 1. The Kier molecular flexibility index (Phi) is 4.20. The molecule has 2 aromatic rings. The Morgan fingerprint density at radius 2 is 1.85 bits per heavy atom. The first-order valence-corrected chi connectivity index (χ1v) is 6.39. The molecule has 0 spiro atoms. The van der Waals surface area contributed by atoms with Gasteiger partial charge in [-0.2, -0.15) is 0 Å². The van der Waals surface area contributed by atoms with E-state index >= 15 is 0 Å². The van der Waals surface area contributed by atoms with E-state index in [-0.39, 0.29) is 23.8 Å². The van der Waals surface area contributed by atoms with E-state index in [2.05, 4.69) is 10.6 Å². The van der Waals surface area contributed by atoms with Gasteiger partial charge in [0, 0.05) is 11.9 Å². The van der Waals surface area contributed by atoms with Crippen LogP contribution in [-0.2, 0) is 4.79 Å². The van der Waals surface area contributed by atoms with Crippen molar-refractivity contribution in [2.75, 3.05) is 13.1 Å². The largest absolute Gasteiger partial charge is 0.506 e. The molecule has 104 valence electrons. The van der Waals surface area contributed by atoms with Crippen molar-refractivity contribution in [3.63, 3.8) is 0 Å². The molecule has 0 aromatic heterocycles. The lowest BCUT2D eigenvalue weighted by Crippen LogP contribution is -2.36. The summed E-state index contributed by atoms with van der Waals surface area (Å²) in [6.07, 6.45) is 0. The molecule has 0 aliphatic rings. The average Bonchev–Trinajstić information content (AvgIpc) is 2.46. The lowest BCUT2D eigenvalue weighted by molar-refractivity contribution is -0.120. The van der Waals surface area contributed by atoms with Crippen LogP contribution in [0.3, 0.4) is 0 Å². The molecule has 0 radical (unpaired) electrons. The molecule has 0 heterocycles. The van der Waals surface area contributed by atoms with E-state index in [9.17, 15) is 14.7 Å². The SMILES string of the molecule is CCNC(=O)CNC(=O)c1ccc2ccccc2c1O. The first-order valence-electron chi connectivity index (χ1n) is 6.39. The summed E-state index contributed by atoms with van der Waals surface area (Å²) in [6, 6.07) is 10.5. The number of nitrogens with one attached hydrogen (secondary N) is 2. The van der Waals surface area contributed by atoms with Gasteiger partial charge < -0.3 is 15.7 Å². The second-order valence-electron chi connectivity index (χ2n) is 4.32. The number of hydrogen-bond acceptors (Lipinski definition) is 3. The third-order valence-corrected chi connectivity index (χ3v) is 2.93. The van der Waals surface area contributed by atoms with E-state index < -0.39 is 5.91 Å². The summed E-state index contributed by atoms with van der Waals surface area (Å²) < 4.78 is 0. The van der Waals surface area contributed by atoms with E-state index in [1.165, 1.54) is 0 Å². The molecule has 0 atom stereocenters. The van der Waals surface area contributed by atoms with Crippen LogP contribution in [0.25, 0.3) is 10.8 Å². The van der Waals surface area contributed by atoms with Crippen molar-refractivity contribution in [1.29, 1.82) is 0 Å². The summed E-state index contributed by atoms with van der Waals surface area (Å²) in [7, 11) is 0. The number of aromatic hydroxyl groups is 1. The van der Waals surface area contributed by atoms with Crippen molar-refractivity contribution >= 4 is 22.6 Å². The van der Waals surface area contributed by atoms with E-state index in [0.717, 1.165) is 5.39 Å². The lowest BCUT2D eigenvalue weighted by Gasteiger charge is -2.09. The molecule has 2 rings (SSSR count). The molecule has 0 saturated heterocycles. The number of carbonyl (C=O) groups excluding carboxylic acids is 2. The number of carbonyl (C=O) groups is 2. The van der Waals surface area contributed by atoms with Gasteiger partial charge in [-0.1, -0.05) is 30.3 Å². The lowest BCUT2D eigenvalue weighted by atomic mass is 10.0. The van der Waals surface area contributed by atoms with Crippen LogP contribution in [0.2, 0.25) is 0 Å². The van der Waals surface area contributed by atoms with Crippen molar-refractivity contribution < 1.29 is 14.7 Å². The Labute approximate surface area is 116 Å². The molecule has 0 fully saturated rings. The van der Waals surface area contributed by atoms with Crippen LogP contribution < -0.4 is 10.6 Å². The zero-order valence-corrected chi connectivity index (χ0v) is 11.1. The highest BCUT2D eigenvalue weighted by molar-refractivity contribution is 6.04. The highest BCUT2D eigenvalue weighted by Gasteiger charge is 2.14. The topological polar surface area (TPSA) is 78.4 Å². The van der Waals surface area contributed by atoms with Crippen molar-refractivity contribution in [3.8, 4) is 5.75 Å². The van der Waals surface area contributed by atoms with E-state index in [1.54, 1.807) is 31.2 Å². The van der Waals surface area contributed by atoms with Crippen LogP contribution in [0.15, 0.2) is 36.4 Å². The average molecular weight is 272 g/mol. The van der Waals surface area contributed by atoms with Gasteiger partial charge in [-0.25, -0.2) is 0 Å². The summed E-state index contributed by atoms with van der Waals surface area (Å²) in [4.78, 5) is 23.3. The third kappa shape index (κ3) is 2.88. The second-order valence-corrected chi connectivity index (χ2v) is 4.32. The summed E-state index contributed by atoms with van der Waals surface area (Å²) in [5.41, 5.74) is 0.160. The van der Waals surface area contributed by atoms with Crippen molar-refractivity contribution in [3.05, 3.63) is 42.0 Å². The Bertz CT molecular complexity index is 653. The summed E-state index contributed by atoms with van der Waals surface area (Å²) in [5.74, 6) is -0.808. The predicted octanol–water partition coefficient (Wildman–Crippen LogP) is 1.41. The molecule has 0 aliphatic heterocycles. The smallest absolute Gasteiger partial charge is 0.255 e. The number of benzene rings is 2. The minimum Gasteiger partial charge on any atom is -0.506 e. The van der Waals surface area contributed by atoms with Crippen LogP contribution in [-0.4, -0.2) is 30.0 Å². The zero-order chi connectivity index (χ0) is 14.5. The number of hydrogen-bond donors (Lipinski definition) is 3. The summed E-state index contributed by atoms with van der Waals surface area (Å²) in [6.45, 7) is 2.20. The third-order valence-electron chi connectivity index (χ3n) is 2.93. The van der Waals surface area contributed by atoms with Gasteiger partial charge in [0.05, 0.1) is 12.1 Å². The molecule has 2 aromatic carbocycles. The van der Waals surface area contributed by atoms with Crippen LogP contribution in [0.4, 0.5) is 0 Å². The second kappa shape index (κ2) is 6.06. The molecular formula is C15H16N2O3. The number of rotatable bonds is 4. The first kappa shape index (κ1) is 13.9. The van der Waals surface area contributed by atoms with Crippen LogP contribution >= 0.6 is 0 Å². The summed E-state index contributed by atoms with van der Waals surface area (Å²) >= 11 is 0. The number of likely N-dealkylation sites (N-methyl/N-ethyl adjacent to an activating group) is 1. The molecule has 3 N–H and O–H groups in total. The summed E-state index contributed by atoms with van der Waals surface area (Å²) in [5, 5.41) is 16.6. The normalized spacial score (nSPS) is 10.2. The maximum atomic E-state index is 12.0. The maximum absolute atomic E-state index is 12.0. The van der Waals surface area contributed by atoms with Crippen molar-refractivity contribution in [1.82, 2.24) is 10.6 Å². The van der Waals surface area contributed by atoms with Crippen molar-refractivity contribution in [2.45, 2.75) is 6.92 Å². The fourth-order valence-corrected chi connectivity index (χ4v) is 1.95. The zero-order valence-electron chi connectivity index (χ0n) is 11.1. The maximum Gasteiger partial charge on any atom is 0.255 e. The fraction of sp³-hybridized carbons (Fsp3) is 0.200. The molecule has 5 heteroatoms. The fourth-order valence-electron chi connectivity index (χ4n) is 1.95. The number of phenols is 1. The van der Waals surface area contributed by atoms with Gasteiger partial charge in [-0.3, -0.25) is 9.59 Å². The van der Waals surface area contributed by atoms with Gasteiger partial charge in [-0.15, -0.1) is 0 Å². The van der Waals surface area contributed by atoms with Gasteiger partial charge in [0.25, 0.3) is 5.91 Å². The quantitative estimate of drug-likeness (QED) is 0.787. The van der Waals surface area contributed by atoms with Gasteiger partial charge in [0.2, 0.25) is 5.91 Å². The Hall–Kier alpha value is -2.56. The molecule has 0 saturated carbocycles. The van der Waals surface area contributed by atoms with Gasteiger partial charge >= 0.3 is 0 Å². The van der Waals surface area contributed by atoms with Crippen LogP contribution in [0.5, 0.6) is 5.75 Å². The van der Waals surface area contributed by atoms with E-state index in [4.69, 9.17) is 0 Å². The van der Waals surface area contributed by atoms with Gasteiger partial charge in [0.15, 0.2) is 0 Å². The Balaban J connectivity index is 2.18. The predicted molar refractivity (Wildman–Crippen MR) is 76.6 cm³/mol. The Morgan fingerprint density at radius 3 is 2.60 bits per heavy atom. The van der Waals surface area contributed by atoms with Crippen LogP contribution in [0.1, 0.15) is 17.3 Å². The molecular weight excluding hydrogens is 256 g/mol. The standard InChI is InChI=1S/C15H16N2O3/c1-2-16-13(18)9-17-15(20)12-8-7-10-5-3-4-6-11(10)14(12)19/h3-8,19H,2,9H2,1H3,(H,16,18)(H,17,20). The molecule has 0 bridgehead atoms. The molecule has 0 unspecified atom stereocenters.